The van der Waals surface area contributed by atoms with Crippen LogP contribution in [-0.4, -0.2) is 19.5 Å². The molecule has 3 nitrogen and oxygen atoms in total. The maximum Gasteiger partial charge on any atom is 0.233 e. The van der Waals surface area contributed by atoms with Crippen LogP contribution in [0.2, 0.25) is 5.02 Å². The third-order valence-corrected chi connectivity index (χ3v) is 2.86. The first-order chi connectivity index (χ1) is 7.38. The normalized spacial score (nSPS) is 11.3. The van der Waals surface area contributed by atoms with E-state index < -0.39 is 5.41 Å². The summed E-state index contributed by atoms with van der Waals surface area (Å²) >= 11 is 5.79. The molecule has 88 valence electrons. The van der Waals surface area contributed by atoms with Crippen molar-refractivity contribution in [2.24, 2.45) is 11.1 Å². The lowest BCUT2D eigenvalue weighted by atomic mass is 9.92. The highest BCUT2D eigenvalue weighted by atomic mass is 35.5. The van der Waals surface area contributed by atoms with Gasteiger partial charge < -0.3 is 10.6 Å². The summed E-state index contributed by atoms with van der Waals surface area (Å²) in [5.41, 5.74) is 5.85. The number of rotatable bonds is 3. The molecule has 0 aliphatic heterocycles. The predicted octanol–water partition coefficient (Wildman–Crippen LogP) is 2.29. The van der Waals surface area contributed by atoms with E-state index in [-0.39, 0.29) is 5.91 Å². The lowest BCUT2D eigenvalue weighted by Gasteiger charge is -2.28. The van der Waals surface area contributed by atoms with Crippen LogP contribution in [0.1, 0.15) is 13.8 Å². The molecule has 0 unspecified atom stereocenters. The van der Waals surface area contributed by atoms with Crippen LogP contribution in [0.15, 0.2) is 24.3 Å². The summed E-state index contributed by atoms with van der Waals surface area (Å²) in [6, 6.07) is 7.14. The van der Waals surface area contributed by atoms with E-state index in [2.05, 4.69) is 0 Å². The van der Waals surface area contributed by atoms with Gasteiger partial charge in [-0.25, -0.2) is 0 Å². The summed E-state index contributed by atoms with van der Waals surface area (Å²) < 4.78 is 0. The van der Waals surface area contributed by atoms with Crippen LogP contribution in [0.4, 0.5) is 5.69 Å². The fourth-order valence-corrected chi connectivity index (χ4v) is 1.45. The number of amides is 1. The first-order valence-corrected chi connectivity index (χ1v) is 5.50. The van der Waals surface area contributed by atoms with Crippen molar-refractivity contribution in [3.63, 3.8) is 0 Å². The summed E-state index contributed by atoms with van der Waals surface area (Å²) in [6.45, 7) is 3.99. The number of anilines is 1. The van der Waals surface area contributed by atoms with E-state index in [1.807, 2.05) is 26.0 Å². The summed E-state index contributed by atoms with van der Waals surface area (Å²) in [4.78, 5) is 13.7. The topological polar surface area (TPSA) is 46.3 Å². The van der Waals surface area contributed by atoms with Crippen LogP contribution in [-0.2, 0) is 4.79 Å². The average Bonchev–Trinajstić information content (AvgIpc) is 2.28. The molecule has 1 aromatic carbocycles. The SMILES string of the molecule is CN(C(=O)C(C)(C)CN)c1ccc(Cl)cc1. The first-order valence-electron chi connectivity index (χ1n) is 5.12. The lowest BCUT2D eigenvalue weighted by molar-refractivity contribution is -0.125. The van der Waals surface area contributed by atoms with Gasteiger partial charge in [0.25, 0.3) is 0 Å². The quantitative estimate of drug-likeness (QED) is 0.881. The maximum atomic E-state index is 12.1. The second-order valence-electron chi connectivity index (χ2n) is 4.43. The number of hydrogen-bond donors (Lipinski definition) is 1. The number of benzene rings is 1. The van der Waals surface area contributed by atoms with E-state index in [1.165, 1.54) is 0 Å². The molecule has 1 rings (SSSR count). The molecule has 0 fully saturated rings. The molecule has 16 heavy (non-hydrogen) atoms. The van der Waals surface area contributed by atoms with Crippen molar-refractivity contribution in [3.05, 3.63) is 29.3 Å². The van der Waals surface area contributed by atoms with Gasteiger partial charge in [0, 0.05) is 24.3 Å². The molecule has 0 spiro atoms. The molecule has 0 aliphatic rings. The maximum absolute atomic E-state index is 12.1. The Hall–Kier alpha value is -1.06. The van der Waals surface area contributed by atoms with Gasteiger partial charge in [0.2, 0.25) is 5.91 Å². The lowest BCUT2D eigenvalue weighted by Crippen LogP contribution is -2.42. The molecule has 4 heteroatoms. The van der Waals surface area contributed by atoms with Gasteiger partial charge in [-0.1, -0.05) is 11.6 Å². The van der Waals surface area contributed by atoms with Crippen molar-refractivity contribution in [2.45, 2.75) is 13.8 Å². The van der Waals surface area contributed by atoms with Crippen molar-refractivity contribution < 1.29 is 4.79 Å². The Morgan fingerprint density at radius 1 is 1.38 bits per heavy atom. The van der Waals surface area contributed by atoms with Crippen LogP contribution in [0.25, 0.3) is 0 Å². The van der Waals surface area contributed by atoms with Crippen LogP contribution in [0, 0.1) is 5.41 Å². The van der Waals surface area contributed by atoms with E-state index in [0.29, 0.717) is 11.6 Å². The van der Waals surface area contributed by atoms with Gasteiger partial charge in [0.1, 0.15) is 0 Å². The minimum absolute atomic E-state index is 0.00248. The first kappa shape index (κ1) is 13.0. The minimum Gasteiger partial charge on any atom is -0.329 e. The third-order valence-electron chi connectivity index (χ3n) is 2.61. The second-order valence-corrected chi connectivity index (χ2v) is 4.87. The Kier molecular flexibility index (Phi) is 3.94. The summed E-state index contributed by atoms with van der Waals surface area (Å²) in [6.07, 6.45) is 0. The van der Waals surface area contributed by atoms with Crippen molar-refractivity contribution in [1.29, 1.82) is 0 Å². The van der Waals surface area contributed by atoms with E-state index >= 15 is 0 Å². The van der Waals surface area contributed by atoms with E-state index in [0.717, 1.165) is 5.69 Å². The Labute approximate surface area is 101 Å². The van der Waals surface area contributed by atoms with E-state index in [4.69, 9.17) is 17.3 Å². The van der Waals surface area contributed by atoms with Crippen LogP contribution >= 0.6 is 11.6 Å². The Balaban J connectivity index is 2.90. The minimum atomic E-state index is -0.547. The molecular weight excluding hydrogens is 224 g/mol. The molecule has 0 bridgehead atoms. The molecular formula is C12H17ClN2O. The largest absolute Gasteiger partial charge is 0.329 e. The van der Waals surface area contributed by atoms with E-state index in [9.17, 15) is 4.79 Å². The molecule has 0 atom stereocenters. The Morgan fingerprint density at radius 2 is 1.88 bits per heavy atom. The van der Waals surface area contributed by atoms with Gasteiger partial charge in [0.15, 0.2) is 0 Å². The van der Waals surface area contributed by atoms with Crippen LogP contribution < -0.4 is 10.6 Å². The molecule has 0 radical (unpaired) electrons. The van der Waals surface area contributed by atoms with Gasteiger partial charge in [0.05, 0.1) is 5.41 Å². The molecule has 0 heterocycles. The number of carbonyl (C=O) groups is 1. The third kappa shape index (κ3) is 2.74. The van der Waals surface area contributed by atoms with Crippen molar-refractivity contribution in [2.75, 3.05) is 18.5 Å². The highest BCUT2D eigenvalue weighted by Crippen LogP contribution is 2.22. The smallest absolute Gasteiger partial charge is 0.233 e. The number of nitrogens with two attached hydrogens (primary N) is 1. The van der Waals surface area contributed by atoms with Gasteiger partial charge in [-0.05, 0) is 38.1 Å². The molecule has 0 aliphatic carbocycles. The van der Waals surface area contributed by atoms with Gasteiger partial charge in [-0.2, -0.15) is 0 Å². The van der Waals surface area contributed by atoms with E-state index in [1.54, 1.807) is 24.1 Å². The molecule has 0 saturated heterocycles. The zero-order valence-electron chi connectivity index (χ0n) is 9.83. The fraction of sp³-hybridized carbons (Fsp3) is 0.417. The summed E-state index contributed by atoms with van der Waals surface area (Å²) in [7, 11) is 1.74. The zero-order valence-corrected chi connectivity index (χ0v) is 10.6. The molecule has 0 aromatic heterocycles. The molecule has 0 saturated carbocycles. The summed E-state index contributed by atoms with van der Waals surface area (Å²) in [5.74, 6) is -0.00248. The van der Waals surface area contributed by atoms with Gasteiger partial charge in [-0.15, -0.1) is 0 Å². The highest BCUT2D eigenvalue weighted by molar-refractivity contribution is 6.30. The molecule has 2 N–H and O–H groups in total. The van der Waals surface area contributed by atoms with Crippen molar-refractivity contribution >= 4 is 23.2 Å². The Bertz CT molecular complexity index is 373. The fourth-order valence-electron chi connectivity index (χ4n) is 1.32. The van der Waals surface area contributed by atoms with Crippen LogP contribution in [0.3, 0.4) is 0 Å². The monoisotopic (exact) mass is 240 g/mol. The molecule has 1 amide bonds. The van der Waals surface area contributed by atoms with Gasteiger partial charge >= 0.3 is 0 Å². The number of hydrogen-bond acceptors (Lipinski definition) is 2. The Morgan fingerprint density at radius 3 is 2.31 bits per heavy atom. The standard InChI is InChI=1S/C12H17ClN2O/c1-12(2,8-14)11(16)15(3)10-6-4-9(13)5-7-10/h4-7H,8,14H2,1-3H3. The van der Waals surface area contributed by atoms with Crippen LogP contribution in [0.5, 0.6) is 0 Å². The number of halogens is 1. The summed E-state index contributed by atoms with van der Waals surface area (Å²) in [5, 5.41) is 0.655. The second kappa shape index (κ2) is 4.85. The van der Waals surface area contributed by atoms with Crippen molar-refractivity contribution in [1.82, 2.24) is 0 Å². The predicted molar refractivity (Wildman–Crippen MR) is 67.7 cm³/mol. The molecule has 1 aromatic rings. The average molecular weight is 241 g/mol. The highest BCUT2D eigenvalue weighted by Gasteiger charge is 2.29. The zero-order chi connectivity index (χ0) is 12.3. The number of carbonyl (C=O) groups excluding carboxylic acids is 1. The van der Waals surface area contributed by atoms with Crippen molar-refractivity contribution in [3.8, 4) is 0 Å². The van der Waals surface area contributed by atoms with Gasteiger partial charge in [-0.3, -0.25) is 4.79 Å². The number of nitrogens with zero attached hydrogens (tertiary/aromatic N) is 1.